The van der Waals surface area contributed by atoms with E-state index in [4.69, 9.17) is 14.2 Å². The number of hydrogen-bond donors (Lipinski definition) is 1. The van der Waals surface area contributed by atoms with Crippen molar-refractivity contribution in [2.75, 3.05) is 33.5 Å². The van der Waals surface area contributed by atoms with Crippen LogP contribution in [-0.2, 0) is 23.8 Å². The first kappa shape index (κ1) is 17.9. The van der Waals surface area contributed by atoms with Crippen molar-refractivity contribution in [1.82, 2.24) is 5.32 Å². The molecule has 0 aliphatic carbocycles. The van der Waals surface area contributed by atoms with Crippen molar-refractivity contribution in [3.05, 3.63) is 0 Å². The maximum Gasteiger partial charge on any atom is 0.319 e. The molecule has 0 aromatic rings. The molecule has 0 saturated carbocycles. The topological polar surface area (TPSA) is 73.9 Å². The zero-order chi connectivity index (χ0) is 16.1. The van der Waals surface area contributed by atoms with Crippen molar-refractivity contribution < 1.29 is 23.8 Å². The minimum Gasteiger partial charge on any atom is -0.465 e. The highest BCUT2D eigenvalue weighted by atomic mass is 16.6. The number of rotatable bonds is 6. The van der Waals surface area contributed by atoms with Gasteiger partial charge in [-0.15, -0.1) is 0 Å². The van der Waals surface area contributed by atoms with E-state index in [0.717, 1.165) is 6.42 Å². The molecular formula is C15H27NO5. The van der Waals surface area contributed by atoms with Gasteiger partial charge in [-0.25, -0.2) is 0 Å². The monoisotopic (exact) mass is 301 g/mol. The van der Waals surface area contributed by atoms with Crippen molar-refractivity contribution in [3.8, 4) is 0 Å². The van der Waals surface area contributed by atoms with Gasteiger partial charge in [0.2, 0.25) is 5.91 Å². The molecule has 122 valence electrons. The van der Waals surface area contributed by atoms with Gasteiger partial charge < -0.3 is 19.5 Å². The Morgan fingerprint density at radius 3 is 2.48 bits per heavy atom. The Balaban J connectivity index is 2.71. The summed E-state index contributed by atoms with van der Waals surface area (Å²) in [6.07, 6.45) is 0.726. The van der Waals surface area contributed by atoms with Crippen LogP contribution in [0.4, 0.5) is 0 Å². The lowest BCUT2D eigenvalue weighted by molar-refractivity contribution is -0.157. The third-order valence-electron chi connectivity index (χ3n) is 3.74. The van der Waals surface area contributed by atoms with E-state index in [1.54, 1.807) is 14.0 Å². The second-order valence-corrected chi connectivity index (χ2v) is 6.46. The largest absolute Gasteiger partial charge is 0.465 e. The van der Waals surface area contributed by atoms with Crippen molar-refractivity contribution >= 4 is 11.9 Å². The Morgan fingerprint density at radius 1 is 1.38 bits per heavy atom. The Hall–Kier alpha value is -1.14. The fourth-order valence-electron chi connectivity index (χ4n) is 2.39. The average molecular weight is 301 g/mol. The van der Waals surface area contributed by atoms with Crippen LogP contribution in [0.5, 0.6) is 0 Å². The molecule has 1 N–H and O–H groups in total. The molecule has 21 heavy (non-hydrogen) atoms. The van der Waals surface area contributed by atoms with E-state index in [1.807, 2.05) is 20.8 Å². The highest BCUT2D eigenvalue weighted by Crippen LogP contribution is 2.28. The first-order chi connectivity index (χ1) is 9.75. The van der Waals surface area contributed by atoms with Gasteiger partial charge in [-0.3, -0.25) is 9.59 Å². The second-order valence-electron chi connectivity index (χ2n) is 6.46. The Kier molecular flexibility index (Phi) is 6.16. The molecule has 0 bridgehead atoms. The predicted octanol–water partition coefficient (Wildman–Crippen LogP) is 1.13. The first-order valence-corrected chi connectivity index (χ1v) is 7.33. The smallest absolute Gasteiger partial charge is 0.319 e. The molecule has 1 rings (SSSR count). The van der Waals surface area contributed by atoms with Crippen LogP contribution in [0.2, 0.25) is 0 Å². The SMILES string of the molecule is CCOC(=O)C(C(=O)NCC1(OC)CCOC1)C(C)(C)C. The van der Waals surface area contributed by atoms with Crippen LogP contribution < -0.4 is 5.32 Å². The van der Waals surface area contributed by atoms with Crippen LogP contribution in [0.3, 0.4) is 0 Å². The Morgan fingerprint density at radius 2 is 2.05 bits per heavy atom. The molecule has 1 amide bonds. The highest BCUT2D eigenvalue weighted by Gasteiger charge is 2.41. The van der Waals surface area contributed by atoms with Gasteiger partial charge in [0.05, 0.1) is 13.2 Å². The number of esters is 1. The lowest BCUT2D eigenvalue weighted by Crippen LogP contribution is -2.50. The number of nitrogens with one attached hydrogen (secondary N) is 1. The second kappa shape index (κ2) is 7.22. The zero-order valence-corrected chi connectivity index (χ0v) is 13.7. The molecule has 0 aromatic carbocycles. The summed E-state index contributed by atoms with van der Waals surface area (Å²) in [5.74, 6) is -1.66. The molecular weight excluding hydrogens is 274 g/mol. The summed E-state index contributed by atoms with van der Waals surface area (Å²) in [5, 5.41) is 2.82. The van der Waals surface area contributed by atoms with Crippen LogP contribution in [0, 0.1) is 11.3 Å². The van der Waals surface area contributed by atoms with Gasteiger partial charge in [-0.1, -0.05) is 20.8 Å². The summed E-state index contributed by atoms with van der Waals surface area (Å²) in [5.41, 5.74) is -1.00. The number of carbonyl (C=O) groups excluding carboxylic acids is 2. The van der Waals surface area contributed by atoms with E-state index in [1.165, 1.54) is 0 Å². The molecule has 6 heteroatoms. The van der Waals surface area contributed by atoms with E-state index in [2.05, 4.69) is 5.32 Å². The van der Waals surface area contributed by atoms with Crippen molar-refractivity contribution in [1.29, 1.82) is 0 Å². The van der Waals surface area contributed by atoms with Crippen molar-refractivity contribution in [2.45, 2.75) is 39.7 Å². The maximum atomic E-state index is 12.4. The molecule has 0 aromatic heterocycles. The number of carbonyl (C=O) groups is 2. The molecule has 6 nitrogen and oxygen atoms in total. The van der Waals surface area contributed by atoms with E-state index in [-0.39, 0.29) is 12.5 Å². The number of hydrogen-bond acceptors (Lipinski definition) is 5. The van der Waals surface area contributed by atoms with E-state index < -0.39 is 22.9 Å². The lowest BCUT2D eigenvalue weighted by atomic mass is 9.80. The molecule has 2 atom stereocenters. The molecule has 1 fully saturated rings. The standard InChI is InChI=1S/C15H27NO5/c1-6-21-13(18)11(14(2,3)4)12(17)16-9-15(19-5)7-8-20-10-15/h11H,6-10H2,1-5H3,(H,16,17). The fraction of sp³-hybridized carbons (Fsp3) is 0.867. The average Bonchev–Trinajstić information content (AvgIpc) is 2.84. The lowest BCUT2D eigenvalue weighted by Gasteiger charge is -2.30. The summed E-state index contributed by atoms with van der Waals surface area (Å²) < 4.78 is 15.8. The van der Waals surface area contributed by atoms with Gasteiger partial charge in [-0.05, 0) is 12.3 Å². The molecule has 1 heterocycles. The fourth-order valence-corrected chi connectivity index (χ4v) is 2.39. The van der Waals surface area contributed by atoms with Gasteiger partial charge in [0, 0.05) is 26.7 Å². The molecule has 1 aliphatic heterocycles. The molecule has 0 spiro atoms. The number of amides is 1. The van der Waals surface area contributed by atoms with E-state index >= 15 is 0 Å². The zero-order valence-electron chi connectivity index (χ0n) is 13.7. The third kappa shape index (κ3) is 4.68. The van der Waals surface area contributed by atoms with Gasteiger partial charge in [0.15, 0.2) is 0 Å². The predicted molar refractivity (Wildman–Crippen MR) is 77.8 cm³/mol. The number of methoxy groups -OCH3 is 1. The van der Waals surface area contributed by atoms with Gasteiger partial charge >= 0.3 is 5.97 Å². The summed E-state index contributed by atoms with van der Waals surface area (Å²) >= 11 is 0. The molecule has 0 radical (unpaired) electrons. The number of ether oxygens (including phenoxy) is 3. The summed E-state index contributed by atoms with van der Waals surface area (Å²) in [6.45, 7) is 8.92. The molecule has 2 unspecified atom stereocenters. The van der Waals surface area contributed by atoms with Gasteiger partial charge in [0.1, 0.15) is 11.5 Å². The summed E-state index contributed by atoms with van der Waals surface area (Å²) in [7, 11) is 1.60. The summed E-state index contributed by atoms with van der Waals surface area (Å²) in [4.78, 5) is 24.5. The van der Waals surface area contributed by atoms with Crippen LogP contribution in [0.1, 0.15) is 34.1 Å². The van der Waals surface area contributed by atoms with Gasteiger partial charge in [0.25, 0.3) is 0 Å². The minimum atomic E-state index is -0.839. The van der Waals surface area contributed by atoms with E-state index in [9.17, 15) is 9.59 Å². The van der Waals surface area contributed by atoms with Crippen LogP contribution >= 0.6 is 0 Å². The quantitative estimate of drug-likeness (QED) is 0.588. The van der Waals surface area contributed by atoms with Crippen molar-refractivity contribution in [3.63, 3.8) is 0 Å². The van der Waals surface area contributed by atoms with Gasteiger partial charge in [-0.2, -0.15) is 0 Å². The Labute approximate surface area is 126 Å². The molecule has 1 saturated heterocycles. The third-order valence-corrected chi connectivity index (χ3v) is 3.74. The first-order valence-electron chi connectivity index (χ1n) is 7.33. The maximum absolute atomic E-state index is 12.4. The van der Waals surface area contributed by atoms with Crippen LogP contribution in [0.25, 0.3) is 0 Å². The van der Waals surface area contributed by atoms with Crippen molar-refractivity contribution in [2.24, 2.45) is 11.3 Å². The normalized spacial score (nSPS) is 23.7. The minimum absolute atomic E-state index is 0.258. The van der Waals surface area contributed by atoms with Crippen LogP contribution in [-0.4, -0.2) is 51.0 Å². The Bertz CT molecular complexity index is 369. The van der Waals surface area contributed by atoms with Crippen LogP contribution in [0.15, 0.2) is 0 Å². The highest BCUT2D eigenvalue weighted by molar-refractivity contribution is 5.98. The molecule has 1 aliphatic rings. The van der Waals surface area contributed by atoms with E-state index in [0.29, 0.717) is 19.8 Å². The summed E-state index contributed by atoms with van der Waals surface area (Å²) in [6, 6.07) is 0.